The molecule has 1 N–H and O–H groups in total. The molecule has 0 saturated carbocycles. The zero-order chi connectivity index (χ0) is 23.8. The third-order valence-electron chi connectivity index (χ3n) is 5.39. The number of nitrogens with one attached hydrogen (secondary N) is 1. The number of fused-ring (bicyclic) bond motifs is 1. The number of benzene rings is 2. The van der Waals surface area contributed by atoms with Crippen LogP contribution in [0.4, 0.5) is 5.69 Å². The zero-order valence-electron chi connectivity index (χ0n) is 19.3. The number of hydrogen-bond acceptors (Lipinski definition) is 6. The number of hydrogen-bond donors (Lipinski definition) is 1. The molecule has 33 heavy (non-hydrogen) atoms. The van der Waals surface area contributed by atoms with Crippen molar-refractivity contribution in [1.29, 1.82) is 0 Å². The predicted octanol–water partition coefficient (Wildman–Crippen LogP) is 5.24. The molecule has 2 heterocycles. The Morgan fingerprint density at radius 1 is 1.03 bits per heavy atom. The molecule has 0 aliphatic rings. The number of aromatic nitrogens is 4. The van der Waals surface area contributed by atoms with Crippen LogP contribution in [0, 0.1) is 6.92 Å². The van der Waals surface area contributed by atoms with Crippen LogP contribution >= 0.6 is 11.8 Å². The Hall–Kier alpha value is -2.91. The van der Waals surface area contributed by atoms with Crippen LogP contribution in [0.5, 0.6) is 0 Å². The van der Waals surface area contributed by atoms with E-state index in [-0.39, 0.29) is 10.3 Å². The Morgan fingerprint density at radius 3 is 2.30 bits per heavy atom. The van der Waals surface area contributed by atoms with Crippen LogP contribution in [0.15, 0.2) is 69.7 Å². The van der Waals surface area contributed by atoms with Gasteiger partial charge in [-0.3, -0.25) is 4.72 Å². The molecule has 0 unspecified atom stereocenters. The van der Waals surface area contributed by atoms with Gasteiger partial charge in [0.05, 0.1) is 4.90 Å². The van der Waals surface area contributed by atoms with Crippen LogP contribution in [0.25, 0.3) is 5.78 Å². The highest BCUT2D eigenvalue weighted by Gasteiger charge is 2.18. The summed E-state index contributed by atoms with van der Waals surface area (Å²) >= 11 is 1.56. The van der Waals surface area contributed by atoms with E-state index in [0.29, 0.717) is 11.5 Å². The first kappa shape index (κ1) is 23.3. The van der Waals surface area contributed by atoms with Crippen molar-refractivity contribution >= 4 is 33.3 Å². The van der Waals surface area contributed by atoms with Crippen molar-refractivity contribution in [3.05, 3.63) is 71.7 Å². The summed E-state index contributed by atoms with van der Waals surface area (Å²) in [5.74, 6) is 0.564. The van der Waals surface area contributed by atoms with Crippen molar-refractivity contribution in [2.24, 2.45) is 0 Å². The highest BCUT2D eigenvalue weighted by molar-refractivity contribution is 7.99. The SMILES string of the molecule is CCc1c(C)nc2ncnn2c1Sc1ccc(NS(=O)(=O)c2ccc(C(C)(C)C)cc2)cc1. The number of sulfonamides is 1. The summed E-state index contributed by atoms with van der Waals surface area (Å²) in [6.45, 7) is 10.4. The van der Waals surface area contributed by atoms with E-state index >= 15 is 0 Å². The lowest BCUT2D eigenvalue weighted by molar-refractivity contribution is 0.587. The van der Waals surface area contributed by atoms with E-state index < -0.39 is 10.0 Å². The predicted molar refractivity (Wildman–Crippen MR) is 131 cm³/mol. The van der Waals surface area contributed by atoms with E-state index in [1.807, 2.05) is 31.2 Å². The van der Waals surface area contributed by atoms with E-state index in [2.05, 4.69) is 47.5 Å². The summed E-state index contributed by atoms with van der Waals surface area (Å²) in [6.07, 6.45) is 2.32. The average molecular weight is 482 g/mol. The van der Waals surface area contributed by atoms with Crippen molar-refractivity contribution < 1.29 is 8.42 Å². The third kappa shape index (κ3) is 4.89. The molecule has 2 aromatic carbocycles. The van der Waals surface area contributed by atoms with Crippen LogP contribution in [-0.4, -0.2) is 28.0 Å². The summed E-state index contributed by atoms with van der Waals surface area (Å²) in [7, 11) is -3.67. The lowest BCUT2D eigenvalue weighted by atomic mass is 9.87. The monoisotopic (exact) mass is 481 g/mol. The number of aryl methyl sites for hydroxylation is 1. The summed E-state index contributed by atoms with van der Waals surface area (Å²) in [6, 6.07) is 14.3. The minimum Gasteiger partial charge on any atom is -0.280 e. The van der Waals surface area contributed by atoms with E-state index in [9.17, 15) is 8.42 Å². The van der Waals surface area contributed by atoms with Crippen LogP contribution in [0.1, 0.15) is 44.5 Å². The molecule has 4 aromatic rings. The molecule has 0 fully saturated rings. The maximum atomic E-state index is 12.8. The highest BCUT2D eigenvalue weighted by Crippen LogP contribution is 2.33. The zero-order valence-corrected chi connectivity index (χ0v) is 21.0. The summed E-state index contributed by atoms with van der Waals surface area (Å²) in [5.41, 5.74) is 3.60. The van der Waals surface area contributed by atoms with Crippen LogP contribution in [0.2, 0.25) is 0 Å². The molecular formula is C24H27N5O2S2. The van der Waals surface area contributed by atoms with Gasteiger partial charge in [-0.15, -0.1) is 0 Å². The van der Waals surface area contributed by atoms with Gasteiger partial charge in [-0.25, -0.2) is 13.4 Å². The van der Waals surface area contributed by atoms with E-state index in [1.165, 1.54) is 6.33 Å². The summed E-state index contributed by atoms with van der Waals surface area (Å²) < 4.78 is 30.1. The highest BCUT2D eigenvalue weighted by atomic mass is 32.2. The van der Waals surface area contributed by atoms with E-state index in [4.69, 9.17) is 0 Å². The van der Waals surface area contributed by atoms with Crippen molar-refractivity contribution in [2.45, 2.75) is 61.3 Å². The van der Waals surface area contributed by atoms with Crippen molar-refractivity contribution in [2.75, 3.05) is 4.72 Å². The lowest BCUT2D eigenvalue weighted by Gasteiger charge is -2.19. The van der Waals surface area contributed by atoms with Gasteiger partial charge in [0.25, 0.3) is 15.8 Å². The molecule has 0 amide bonds. The molecule has 0 bridgehead atoms. The molecular weight excluding hydrogens is 454 g/mol. The van der Waals surface area contributed by atoms with E-state index in [1.54, 1.807) is 40.5 Å². The molecule has 0 spiro atoms. The number of anilines is 1. The smallest absolute Gasteiger partial charge is 0.261 e. The van der Waals surface area contributed by atoms with Gasteiger partial charge in [0, 0.05) is 21.8 Å². The quantitative estimate of drug-likeness (QED) is 0.379. The minimum atomic E-state index is -3.67. The molecule has 9 heteroatoms. The van der Waals surface area contributed by atoms with Crippen molar-refractivity contribution in [3.8, 4) is 0 Å². The van der Waals surface area contributed by atoms with Crippen molar-refractivity contribution in [1.82, 2.24) is 19.6 Å². The molecule has 0 aliphatic carbocycles. The van der Waals surface area contributed by atoms with Gasteiger partial charge in [0.1, 0.15) is 11.4 Å². The first-order valence-corrected chi connectivity index (χ1v) is 13.0. The van der Waals surface area contributed by atoms with Crippen LogP contribution in [-0.2, 0) is 21.9 Å². The maximum absolute atomic E-state index is 12.8. The van der Waals surface area contributed by atoms with Gasteiger partial charge in [0.2, 0.25) is 0 Å². The minimum absolute atomic E-state index is 0.0357. The number of nitrogens with zero attached hydrogens (tertiary/aromatic N) is 4. The Bertz CT molecular complexity index is 1390. The Kier molecular flexibility index (Phi) is 6.20. The maximum Gasteiger partial charge on any atom is 0.261 e. The van der Waals surface area contributed by atoms with Gasteiger partial charge in [0.15, 0.2) is 0 Å². The second-order valence-corrected chi connectivity index (χ2v) is 11.6. The fraction of sp³-hybridized carbons (Fsp3) is 0.292. The fourth-order valence-corrected chi connectivity index (χ4v) is 5.70. The largest absolute Gasteiger partial charge is 0.280 e. The summed E-state index contributed by atoms with van der Waals surface area (Å²) in [4.78, 5) is 9.92. The molecule has 0 saturated heterocycles. The average Bonchev–Trinajstić information content (AvgIpc) is 3.23. The normalized spacial score (nSPS) is 12.3. The van der Waals surface area contributed by atoms with Gasteiger partial charge < -0.3 is 0 Å². The van der Waals surface area contributed by atoms with Crippen LogP contribution < -0.4 is 4.72 Å². The molecule has 7 nitrogen and oxygen atoms in total. The molecule has 0 radical (unpaired) electrons. The fourth-order valence-electron chi connectivity index (χ4n) is 3.52. The van der Waals surface area contributed by atoms with E-state index in [0.717, 1.165) is 33.2 Å². The number of rotatable bonds is 6. The second kappa shape index (κ2) is 8.79. The molecule has 0 atom stereocenters. The lowest BCUT2D eigenvalue weighted by Crippen LogP contribution is -2.14. The topological polar surface area (TPSA) is 89.2 Å². The Morgan fingerprint density at radius 2 is 1.70 bits per heavy atom. The Balaban J connectivity index is 1.55. The second-order valence-electron chi connectivity index (χ2n) is 8.81. The van der Waals surface area contributed by atoms with Gasteiger partial charge >= 0.3 is 0 Å². The van der Waals surface area contributed by atoms with Crippen molar-refractivity contribution in [3.63, 3.8) is 0 Å². The van der Waals surface area contributed by atoms with Gasteiger partial charge in [-0.1, -0.05) is 51.6 Å². The Labute approximate surface area is 198 Å². The molecule has 4 rings (SSSR count). The molecule has 172 valence electrons. The molecule has 0 aliphatic heterocycles. The van der Waals surface area contributed by atoms with Gasteiger partial charge in [-0.05, 0) is 60.7 Å². The first-order valence-electron chi connectivity index (χ1n) is 10.7. The van der Waals surface area contributed by atoms with Gasteiger partial charge in [-0.2, -0.15) is 14.6 Å². The van der Waals surface area contributed by atoms with Crippen LogP contribution in [0.3, 0.4) is 0 Å². The first-order chi connectivity index (χ1) is 15.6. The molecule has 2 aromatic heterocycles. The standard InChI is InChI=1S/C24H27N5O2S2/c1-6-21-16(2)27-23-25-15-26-29(23)22(21)32-19-11-9-18(10-12-19)28-33(30,31)20-13-7-17(8-14-20)24(3,4)5/h7-15,28H,6H2,1-5H3. The third-order valence-corrected chi connectivity index (χ3v) is 7.91. The summed E-state index contributed by atoms with van der Waals surface area (Å²) in [5, 5.41) is 5.28.